The maximum absolute atomic E-state index is 4.88. The van der Waals surface area contributed by atoms with Crippen molar-refractivity contribution in [3.05, 3.63) is 22.7 Å². The van der Waals surface area contributed by atoms with Crippen molar-refractivity contribution in [1.29, 1.82) is 0 Å². The van der Waals surface area contributed by atoms with E-state index in [1.807, 2.05) is 0 Å². The van der Waals surface area contributed by atoms with Crippen molar-refractivity contribution in [3.8, 4) is 0 Å². The third-order valence-corrected chi connectivity index (χ3v) is 1.61. The maximum atomic E-state index is 4.88. The Kier molecular flexibility index (Phi) is 3.45. The highest BCUT2D eigenvalue weighted by molar-refractivity contribution is 9.10. The van der Waals surface area contributed by atoms with E-state index in [1.54, 1.807) is 19.5 Å². The minimum Gasteiger partial charge on any atom is -0.384 e. The minimum atomic E-state index is 0.668. The summed E-state index contributed by atoms with van der Waals surface area (Å²) in [6, 6.07) is 0. The number of hydrogen-bond acceptors (Lipinski definition) is 3. The largest absolute Gasteiger partial charge is 0.384 e. The molecular formula is C7H9BrN2O. The van der Waals surface area contributed by atoms with Crippen molar-refractivity contribution >= 4 is 15.9 Å². The standard InChI is InChI=1S/C7H9BrN2O/c1-11-3-2-7-9-4-6(8)5-10-7/h4-5H,2-3H2,1H3. The molecule has 0 saturated carbocycles. The van der Waals surface area contributed by atoms with Crippen LogP contribution in [0.5, 0.6) is 0 Å². The second-order valence-corrected chi connectivity index (χ2v) is 2.98. The van der Waals surface area contributed by atoms with Crippen LogP contribution in [0.2, 0.25) is 0 Å². The number of aromatic nitrogens is 2. The first kappa shape index (κ1) is 8.62. The molecule has 0 radical (unpaired) electrons. The number of rotatable bonds is 3. The van der Waals surface area contributed by atoms with Gasteiger partial charge in [-0.1, -0.05) is 0 Å². The molecule has 3 nitrogen and oxygen atoms in total. The Hall–Kier alpha value is -0.480. The molecule has 0 bridgehead atoms. The molecule has 0 aliphatic rings. The summed E-state index contributed by atoms with van der Waals surface area (Å²) in [5, 5.41) is 0. The highest BCUT2D eigenvalue weighted by atomic mass is 79.9. The van der Waals surface area contributed by atoms with E-state index in [1.165, 1.54) is 0 Å². The van der Waals surface area contributed by atoms with Crippen LogP contribution < -0.4 is 0 Å². The van der Waals surface area contributed by atoms with Crippen LogP contribution in [-0.2, 0) is 11.2 Å². The summed E-state index contributed by atoms with van der Waals surface area (Å²) < 4.78 is 5.79. The Balaban J connectivity index is 2.52. The van der Waals surface area contributed by atoms with Crippen LogP contribution >= 0.6 is 15.9 Å². The SMILES string of the molecule is COCCc1ncc(Br)cn1. The fourth-order valence-electron chi connectivity index (χ4n) is 0.661. The molecule has 0 aromatic carbocycles. The summed E-state index contributed by atoms with van der Waals surface area (Å²) in [6.07, 6.45) is 4.24. The van der Waals surface area contributed by atoms with Crippen LogP contribution in [0.25, 0.3) is 0 Å². The normalized spacial score (nSPS) is 10.0. The first-order chi connectivity index (χ1) is 5.33. The van der Waals surface area contributed by atoms with Gasteiger partial charge in [-0.3, -0.25) is 0 Å². The van der Waals surface area contributed by atoms with E-state index in [4.69, 9.17) is 4.74 Å². The summed E-state index contributed by atoms with van der Waals surface area (Å²) in [5.74, 6) is 0.815. The molecule has 1 aromatic rings. The van der Waals surface area contributed by atoms with E-state index < -0.39 is 0 Å². The Morgan fingerprint density at radius 3 is 2.64 bits per heavy atom. The van der Waals surface area contributed by atoms with Gasteiger partial charge in [0.05, 0.1) is 11.1 Å². The van der Waals surface area contributed by atoms with Crippen LogP contribution in [0.3, 0.4) is 0 Å². The molecule has 0 atom stereocenters. The summed E-state index contributed by atoms with van der Waals surface area (Å²) in [5.41, 5.74) is 0. The van der Waals surface area contributed by atoms with Crippen molar-refractivity contribution < 1.29 is 4.74 Å². The van der Waals surface area contributed by atoms with Crippen molar-refractivity contribution in [2.45, 2.75) is 6.42 Å². The molecule has 0 unspecified atom stereocenters. The summed E-state index contributed by atoms with van der Waals surface area (Å²) in [7, 11) is 1.67. The molecule has 0 N–H and O–H groups in total. The Morgan fingerprint density at radius 1 is 1.45 bits per heavy atom. The Bertz CT molecular complexity index is 212. The zero-order valence-corrected chi connectivity index (χ0v) is 7.84. The molecule has 0 fully saturated rings. The molecule has 0 aliphatic carbocycles. The molecular weight excluding hydrogens is 208 g/mol. The fourth-order valence-corrected chi connectivity index (χ4v) is 0.866. The van der Waals surface area contributed by atoms with E-state index in [-0.39, 0.29) is 0 Å². The summed E-state index contributed by atoms with van der Waals surface area (Å²) in [6.45, 7) is 0.668. The van der Waals surface area contributed by atoms with E-state index in [0.717, 1.165) is 16.7 Å². The van der Waals surface area contributed by atoms with E-state index in [0.29, 0.717) is 6.61 Å². The molecule has 0 amide bonds. The van der Waals surface area contributed by atoms with E-state index in [9.17, 15) is 0 Å². The van der Waals surface area contributed by atoms with Gasteiger partial charge in [0.25, 0.3) is 0 Å². The van der Waals surface area contributed by atoms with Gasteiger partial charge in [-0.2, -0.15) is 0 Å². The van der Waals surface area contributed by atoms with Gasteiger partial charge in [0.1, 0.15) is 5.82 Å². The quantitative estimate of drug-likeness (QED) is 0.768. The molecule has 1 aromatic heterocycles. The van der Waals surface area contributed by atoms with Crippen molar-refractivity contribution in [1.82, 2.24) is 9.97 Å². The maximum Gasteiger partial charge on any atom is 0.130 e. The molecule has 1 rings (SSSR count). The van der Waals surface area contributed by atoms with Gasteiger partial charge in [-0.25, -0.2) is 9.97 Å². The van der Waals surface area contributed by atoms with Crippen LogP contribution in [-0.4, -0.2) is 23.7 Å². The number of halogens is 1. The predicted molar refractivity (Wildman–Crippen MR) is 45.3 cm³/mol. The molecule has 60 valence electrons. The van der Waals surface area contributed by atoms with Crippen LogP contribution in [0.4, 0.5) is 0 Å². The second kappa shape index (κ2) is 4.41. The zero-order chi connectivity index (χ0) is 8.10. The second-order valence-electron chi connectivity index (χ2n) is 2.06. The molecule has 1 heterocycles. The Labute approximate surface area is 73.9 Å². The van der Waals surface area contributed by atoms with Crippen LogP contribution in [0.15, 0.2) is 16.9 Å². The number of hydrogen-bond donors (Lipinski definition) is 0. The lowest BCUT2D eigenvalue weighted by Gasteiger charge is -1.97. The van der Waals surface area contributed by atoms with Gasteiger partial charge in [-0.05, 0) is 15.9 Å². The monoisotopic (exact) mass is 216 g/mol. The van der Waals surface area contributed by atoms with E-state index in [2.05, 4.69) is 25.9 Å². The smallest absolute Gasteiger partial charge is 0.130 e. The molecule has 0 aliphatic heterocycles. The molecule has 11 heavy (non-hydrogen) atoms. The van der Waals surface area contributed by atoms with E-state index >= 15 is 0 Å². The highest BCUT2D eigenvalue weighted by Crippen LogP contribution is 2.04. The van der Waals surface area contributed by atoms with Gasteiger partial charge in [-0.15, -0.1) is 0 Å². The molecule has 0 spiro atoms. The first-order valence-corrected chi connectivity index (χ1v) is 4.07. The predicted octanol–water partition coefficient (Wildman–Crippen LogP) is 1.43. The number of nitrogens with zero attached hydrogens (tertiary/aromatic N) is 2. The van der Waals surface area contributed by atoms with Gasteiger partial charge >= 0.3 is 0 Å². The topological polar surface area (TPSA) is 35.0 Å². The number of methoxy groups -OCH3 is 1. The van der Waals surface area contributed by atoms with Crippen molar-refractivity contribution in [2.24, 2.45) is 0 Å². The Morgan fingerprint density at radius 2 is 2.09 bits per heavy atom. The third-order valence-electron chi connectivity index (χ3n) is 1.20. The van der Waals surface area contributed by atoms with Gasteiger partial charge in [0, 0.05) is 25.9 Å². The lowest BCUT2D eigenvalue weighted by Crippen LogP contribution is -1.99. The van der Waals surface area contributed by atoms with Gasteiger partial charge < -0.3 is 4.74 Å². The lowest BCUT2D eigenvalue weighted by molar-refractivity contribution is 0.200. The van der Waals surface area contributed by atoms with Crippen LogP contribution in [0.1, 0.15) is 5.82 Å². The lowest BCUT2D eigenvalue weighted by atomic mass is 10.4. The minimum absolute atomic E-state index is 0.668. The zero-order valence-electron chi connectivity index (χ0n) is 6.25. The third kappa shape index (κ3) is 2.95. The molecule has 4 heteroatoms. The van der Waals surface area contributed by atoms with Crippen molar-refractivity contribution in [2.75, 3.05) is 13.7 Å². The fraction of sp³-hybridized carbons (Fsp3) is 0.429. The highest BCUT2D eigenvalue weighted by Gasteiger charge is 1.94. The average molecular weight is 217 g/mol. The van der Waals surface area contributed by atoms with Crippen LogP contribution in [0, 0.1) is 0 Å². The summed E-state index contributed by atoms with van der Waals surface area (Å²) >= 11 is 3.26. The number of ether oxygens (including phenoxy) is 1. The van der Waals surface area contributed by atoms with Crippen molar-refractivity contribution in [3.63, 3.8) is 0 Å². The van der Waals surface area contributed by atoms with Gasteiger partial charge in [0.15, 0.2) is 0 Å². The average Bonchev–Trinajstić information content (AvgIpc) is 2.04. The van der Waals surface area contributed by atoms with Gasteiger partial charge in [0.2, 0.25) is 0 Å². The molecule has 0 saturated heterocycles. The first-order valence-electron chi connectivity index (χ1n) is 3.28. The summed E-state index contributed by atoms with van der Waals surface area (Å²) in [4.78, 5) is 8.16.